The van der Waals surface area contributed by atoms with Crippen molar-refractivity contribution in [3.8, 4) is 0 Å². The van der Waals surface area contributed by atoms with E-state index in [0.717, 1.165) is 10.7 Å². The maximum absolute atomic E-state index is 11.7. The summed E-state index contributed by atoms with van der Waals surface area (Å²) >= 11 is 1.52. The minimum absolute atomic E-state index is 0.225. The topological polar surface area (TPSA) is 79.3 Å². The SMILES string of the molecule is Cc1csc(CCC(=O)N[C@H](CC(C)C)C(=O)O)n1. The van der Waals surface area contributed by atoms with Crippen molar-refractivity contribution in [2.75, 3.05) is 0 Å². The van der Waals surface area contributed by atoms with Gasteiger partial charge in [-0.15, -0.1) is 11.3 Å². The first-order chi connectivity index (χ1) is 8.88. The second-order valence-corrected chi connectivity index (χ2v) is 5.91. The van der Waals surface area contributed by atoms with Crippen LogP contribution in [0, 0.1) is 12.8 Å². The molecule has 5 nitrogen and oxygen atoms in total. The Labute approximate surface area is 117 Å². The van der Waals surface area contributed by atoms with Crippen molar-refractivity contribution in [3.05, 3.63) is 16.1 Å². The lowest BCUT2D eigenvalue weighted by Crippen LogP contribution is -2.41. The number of carbonyl (C=O) groups excluding carboxylic acids is 1. The first-order valence-corrected chi connectivity index (χ1v) is 7.19. The summed E-state index contributed by atoms with van der Waals surface area (Å²) in [5.74, 6) is -0.990. The fourth-order valence-corrected chi connectivity index (χ4v) is 2.47. The molecule has 19 heavy (non-hydrogen) atoms. The van der Waals surface area contributed by atoms with Gasteiger partial charge in [-0.25, -0.2) is 9.78 Å². The monoisotopic (exact) mass is 284 g/mol. The number of carboxylic acid groups (broad SMARTS) is 1. The lowest BCUT2D eigenvalue weighted by Gasteiger charge is -2.16. The molecule has 106 valence electrons. The number of nitrogens with one attached hydrogen (secondary N) is 1. The Balaban J connectivity index is 2.42. The number of aliphatic carboxylic acids is 1. The van der Waals surface area contributed by atoms with Crippen molar-refractivity contribution >= 4 is 23.2 Å². The number of nitrogens with zero attached hydrogens (tertiary/aromatic N) is 1. The van der Waals surface area contributed by atoms with Crippen LogP contribution in [-0.2, 0) is 16.0 Å². The number of amides is 1. The molecule has 1 amide bonds. The molecule has 0 fully saturated rings. The number of hydrogen-bond acceptors (Lipinski definition) is 4. The Morgan fingerprint density at radius 2 is 2.16 bits per heavy atom. The molecule has 1 heterocycles. The van der Waals surface area contributed by atoms with E-state index in [1.54, 1.807) is 0 Å². The van der Waals surface area contributed by atoms with Crippen LogP contribution >= 0.6 is 11.3 Å². The Morgan fingerprint density at radius 3 is 2.63 bits per heavy atom. The first-order valence-electron chi connectivity index (χ1n) is 6.31. The summed E-state index contributed by atoms with van der Waals surface area (Å²) in [7, 11) is 0. The van der Waals surface area contributed by atoms with Crippen molar-refractivity contribution in [1.82, 2.24) is 10.3 Å². The van der Waals surface area contributed by atoms with Crippen LogP contribution in [0.2, 0.25) is 0 Å². The van der Waals surface area contributed by atoms with Crippen molar-refractivity contribution in [1.29, 1.82) is 0 Å². The predicted octanol–water partition coefficient (Wildman–Crippen LogP) is 2.00. The molecule has 1 atom stereocenters. The van der Waals surface area contributed by atoms with E-state index < -0.39 is 12.0 Å². The standard InChI is InChI=1S/C13H20N2O3S/c1-8(2)6-10(13(17)18)15-11(16)4-5-12-14-9(3)7-19-12/h7-8,10H,4-6H2,1-3H3,(H,15,16)(H,17,18)/t10-/m1/s1. The fourth-order valence-electron chi connectivity index (χ4n) is 1.70. The number of carboxylic acids is 1. The minimum Gasteiger partial charge on any atom is -0.480 e. The van der Waals surface area contributed by atoms with E-state index in [-0.39, 0.29) is 18.2 Å². The second kappa shape index (κ2) is 7.23. The molecular formula is C13H20N2O3S. The van der Waals surface area contributed by atoms with E-state index in [1.165, 1.54) is 11.3 Å². The van der Waals surface area contributed by atoms with Gasteiger partial charge in [0.05, 0.1) is 5.01 Å². The summed E-state index contributed by atoms with van der Waals surface area (Å²) in [6.45, 7) is 5.77. The van der Waals surface area contributed by atoms with Gasteiger partial charge in [-0.1, -0.05) is 13.8 Å². The zero-order valence-corrected chi connectivity index (χ0v) is 12.3. The number of carbonyl (C=O) groups is 2. The lowest BCUT2D eigenvalue weighted by molar-refractivity contribution is -0.142. The zero-order chi connectivity index (χ0) is 14.4. The molecule has 2 N–H and O–H groups in total. The van der Waals surface area contributed by atoms with Gasteiger partial charge in [0.1, 0.15) is 6.04 Å². The average Bonchev–Trinajstić information content (AvgIpc) is 2.71. The van der Waals surface area contributed by atoms with Crippen molar-refractivity contribution < 1.29 is 14.7 Å². The summed E-state index contributed by atoms with van der Waals surface area (Å²) in [5.41, 5.74) is 0.948. The number of aryl methyl sites for hydroxylation is 2. The molecule has 0 aromatic carbocycles. The highest BCUT2D eigenvalue weighted by atomic mass is 32.1. The van der Waals surface area contributed by atoms with Crippen LogP contribution in [0.1, 0.15) is 37.4 Å². The second-order valence-electron chi connectivity index (χ2n) is 4.97. The smallest absolute Gasteiger partial charge is 0.326 e. The van der Waals surface area contributed by atoms with E-state index >= 15 is 0 Å². The summed E-state index contributed by atoms with van der Waals surface area (Å²) in [6, 6.07) is -0.800. The van der Waals surface area contributed by atoms with Gasteiger partial charge in [-0.2, -0.15) is 0 Å². The van der Waals surface area contributed by atoms with Gasteiger partial charge < -0.3 is 10.4 Å². The van der Waals surface area contributed by atoms with Crippen molar-refractivity contribution in [2.45, 2.75) is 46.1 Å². The van der Waals surface area contributed by atoms with Crippen LogP contribution in [0.5, 0.6) is 0 Å². The molecule has 0 saturated carbocycles. The molecule has 0 saturated heterocycles. The molecule has 0 aliphatic carbocycles. The van der Waals surface area contributed by atoms with Crippen LogP contribution in [-0.4, -0.2) is 28.0 Å². The Morgan fingerprint density at radius 1 is 1.47 bits per heavy atom. The first kappa shape index (κ1) is 15.6. The van der Waals surface area contributed by atoms with E-state index in [9.17, 15) is 9.59 Å². The van der Waals surface area contributed by atoms with Gasteiger partial charge in [0, 0.05) is 23.9 Å². The van der Waals surface area contributed by atoms with Crippen LogP contribution in [0.3, 0.4) is 0 Å². The highest BCUT2D eigenvalue weighted by Gasteiger charge is 2.20. The molecule has 0 unspecified atom stereocenters. The maximum atomic E-state index is 11.7. The number of hydrogen-bond donors (Lipinski definition) is 2. The van der Waals surface area contributed by atoms with Crippen LogP contribution < -0.4 is 5.32 Å². The normalized spacial score (nSPS) is 12.4. The maximum Gasteiger partial charge on any atom is 0.326 e. The summed E-state index contributed by atoms with van der Waals surface area (Å²) in [5, 5.41) is 14.4. The van der Waals surface area contributed by atoms with E-state index in [0.29, 0.717) is 12.8 Å². The minimum atomic E-state index is -0.979. The average molecular weight is 284 g/mol. The molecule has 6 heteroatoms. The van der Waals surface area contributed by atoms with Crippen molar-refractivity contribution in [3.63, 3.8) is 0 Å². The lowest BCUT2D eigenvalue weighted by atomic mass is 10.0. The number of aromatic nitrogens is 1. The van der Waals surface area contributed by atoms with Gasteiger partial charge in [0.15, 0.2) is 0 Å². The fraction of sp³-hybridized carbons (Fsp3) is 0.615. The molecule has 0 bridgehead atoms. The van der Waals surface area contributed by atoms with E-state index in [4.69, 9.17) is 5.11 Å². The summed E-state index contributed by atoms with van der Waals surface area (Å²) in [6.07, 6.45) is 1.27. The highest BCUT2D eigenvalue weighted by molar-refractivity contribution is 7.09. The van der Waals surface area contributed by atoms with E-state index in [2.05, 4.69) is 10.3 Å². The molecule has 1 rings (SSSR count). The number of thiazole rings is 1. The number of rotatable bonds is 7. The quantitative estimate of drug-likeness (QED) is 0.802. The third-order valence-corrected chi connectivity index (χ3v) is 3.60. The highest BCUT2D eigenvalue weighted by Crippen LogP contribution is 2.11. The molecule has 0 aliphatic heterocycles. The van der Waals surface area contributed by atoms with Crippen molar-refractivity contribution in [2.24, 2.45) is 5.92 Å². The van der Waals surface area contributed by atoms with Gasteiger partial charge in [-0.3, -0.25) is 4.79 Å². The van der Waals surface area contributed by atoms with Gasteiger partial charge in [0.25, 0.3) is 0 Å². The van der Waals surface area contributed by atoms with Gasteiger partial charge >= 0.3 is 5.97 Å². The Kier molecular flexibility index (Phi) is 5.95. The predicted molar refractivity (Wildman–Crippen MR) is 74.2 cm³/mol. The van der Waals surface area contributed by atoms with Gasteiger partial charge in [-0.05, 0) is 19.3 Å². The molecule has 0 spiro atoms. The van der Waals surface area contributed by atoms with E-state index in [1.807, 2.05) is 26.2 Å². The van der Waals surface area contributed by atoms with Gasteiger partial charge in [0.2, 0.25) is 5.91 Å². The largest absolute Gasteiger partial charge is 0.480 e. The summed E-state index contributed by atoms with van der Waals surface area (Å²) in [4.78, 5) is 27.0. The molecular weight excluding hydrogens is 264 g/mol. The van der Waals surface area contributed by atoms with Crippen LogP contribution in [0.25, 0.3) is 0 Å². The zero-order valence-electron chi connectivity index (χ0n) is 11.5. The molecule has 1 aromatic rings. The Bertz CT molecular complexity index is 443. The molecule has 0 radical (unpaired) electrons. The molecule has 1 aromatic heterocycles. The van der Waals surface area contributed by atoms with Crippen LogP contribution in [0.4, 0.5) is 0 Å². The Hall–Kier alpha value is -1.43. The van der Waals surface area contributed by atoms with Crippen LogP contribution in [0.15, 0.2) is 5.38 Å². The molecule has 0 aliphatic rings. The third-order valence-electron chi connectivity index (χ3n) is 2.57. The summed E-state index contributed by atoms with van der Waals surface area (Å²) < 4.78 is 0. The third kappa shape index (κ3) is 5.83.